The zero-order valence-corrected chi connectivity index (χ0v) is 19.8. The van der Waals surface area contributed by atoms with Gasteiger partial charge in [-0.3, -0.25) is 24.5 Å². The van der Waals surface area contributed by atoms with E-state index in [2.05, 4.69) is 15.0 Å². The van der Waals surface area contributed by atoms with E-state index in [1.807, 2.05) is 6.92 Å². The van der Waals surface area contributed by atoms with Crippen molar-refractivity contribution < 1.29 is 9.34 Å². The van der Waals surface area contributed by atoms with E-state index >= 15 is 0 Å². The summed E-state index contributed by atoms with van der Waals surface area (Å²) in [5.74, 6) is 0.855. The van der Waals surface area contributed by atoms with Crippen molar-refractivity contribution in [3.8, 4) is 0 Å². The SMILES string of the molecule is CCn1c(CSc2nc3cc([N+](=O)[O-])ccc3o2)nc2c1c(=O)[nH]c(=O)n2Cc1ccc(Cl)cc1. The van der Waals surface area contributed by atoms with Crippen molar-refractivity contribution in [1.29, 1.82) is 0 Å². The van der Waals surface area contributed by atoms with Crippen LogP contribution in [0.4, 0.5) is 5.69 Å². The molecule has 35 heavy (non-hydrogen) atoms. The first-order chi connectivity index (χ1) is 16.8. The molecule has 0 saturated carbocycles. The van der Waals surface area contributed by atoms with Crippen LogP contribution in [0.15, 0.2) is 61.7 Å². The molecule has 0 amide bonds. The fraction of sp³-hybridized carbons (Fsp3) is 0.182. The molecule has 178 valence electrons. The number of imidazole rings is 1. The number of nitro groups is 1. The number of oxazole rings is 1. The molecule has 11 nitrogen and oxygen atoms in total. The van der Waals surface area contributed by atoms with E-state index in [1.165, 1.54) is 34.5 Å². The van der Waals surface area contributed by atoms with Gasteiger partial charge in [0.15, 0.2) is 16.7 Å². The van der Waals surface area contributed by atoms with Crippen molar-refractivity contribution in [3.63, 3.8) is 0 Å². The third kappa shape index (κ3) is 4.33. The Kier molecular flexibility index (Phi) is 5.91. The van der Waals surface area contributed by atoms with Gasteiger partial charge in [-0.05, 0) is 30.7 Å². The number of benzene rings is 2. The second-order valence-electron chi connectivity index (χ2n) is 7.59. The number of hydrogen-bond acceptors (Lipinski definition) is 8. The number of non-ortho nitro benzene ring substituents is 1. The lowest BCUT2D eigenvalue weighted by Crippen LogP contribution is -2.31. The predicted molar refractivity (Wildman–Crippen MR) is 131 cm³/mol. The summed E-state index contributed by atoms with van der Waals surface area (Å²) in [6.45, 7) is 2.54. The molecule has 0 unspecified atom stereocenters. The number of nitro benzene ring substituents is 1. The molecule has 3 aromatic heterocycles. The van der Waals surface area contributed by atoms with Crippen molar-refractivity contribution in [2.75, 3.05) is 0 Å². The maximum Gasteiger partial charge on any atom is 0.330 e. The quantitative estimate of drug-likeness (QED) is 0.196. The summed E-state index contributed by atoms with van der Waals surface area (Å²) in [6, 6.07) is 11.3. The van der Waals surface area contributed by atoms with Gasteiger partial charge in [0.2, 0.25) is 0 Å². The first-order valence-electron chi connectivity index (χ1n) is 10.5. The highest BCUT2D eigenvalue weighted by atomic mass is 35.5. The van der Waals surface area contributed by atoms with Gasteiger partial charge in [0.1, 0.15) is 11.3 Å². The minimum atomic E-state index is -0.557. The zero-order valence-electron chi connectivity index (χ0n) is 18.2. The predicted octanol–water partition coefficient (Wildman–Crippen LogP) is 3.95. The van der Waals surface area contributed by atoms with Crippen LogP contribution >= 0.6 is 23.4 Å². The van der Waals surface area contributed by atoms with Crippen molar-refractivity contribution in [3.05, 3.63) is 89.8 Å². The van der Waals surface area contributed by atoms with Crippen LogP contribution in [0, 0.1) is 10.1 Å². The number of aromatic nitrogens is 5. The minimum Gasteiger partial charge on any atom is -0.431 e. The normalized spacial score (nSPS) is 11.5. The summed E-state index contributed by atoms with van der Waals surface area (Å²) in [7, 11) is 0. The monoisotopic (exact) mass is 512 g/mol. The lowest BCUT2D eigenvalue weighted by molar-refractivity contribution is -0.384. The van der Waals surface area contributed by atoms with Crippen LogP contribution in [0.1, 0.15) is 18.3 Å². The molecule has 0 radical (unpaired) electrons. The van der Waals surface area contributed by atoms with Gasteiger partial charge in [0.05, 0.1) is 17.2 Å². The number of aromatic amines is 1. The number of nitrogens with one attached hydrogen (secondary N) is 1. The van der Waals surface area contributed by atoms with Crippen LogP contribution in [0.5, 0.6) is 0 Å². The largest absolute Gasteiger partial charge is 0.431 e. The topological polar surface area (TPSA) is 142 Å². The lowest BCUT2D eigenvalue weighted by atomic mass is 10.2. The molecule has 0 aliphatic carbocycles. The van der Waals surface area contributed by atoms with E-state index in [0.717, 1.165) is 5.56 Å². The summed E-state index contributed by atoms with van der Waals surface area (Å²) in [5, 5.41) is 11.9. The molecular weight excluding hydrogens is 496 g/mol. The molecule has 0 aliphatic heterocycles. The fourth-order valence-corrected chi connectivity index (χ4v) is 4.69. The molecule has 1 N–H and O–H groups in total. The third-order valence-corrected chi connectivity index (χ3v) is 6.50. The summed E-state index contributed by atoms with van der Waals surface area (Å²) in [6.07, 6.45) is 0. The summed E-state index contributed by atoms with van der Waals surface area (Å²) in [4.78, 5) is 47.1. The molecule has 0 bridgehead atoms. The van der Waals surface area contributed by atoms with Gasteiger partial charge in [-0.25, -0.2) is 14.8 Å². The molecule has 0 atom stereocenters. The number of nitrogens with zero attached hydrogens (tertiary/aromatic N) is 5. The minimum absolute atomic E-state index is 0.0759. The van der Waals surface area contributed by atoms with Crippen molar-refractivity contribution in [2.45, 2.75) is 31.0 Å². The Labute approximate surface area is 205 Å². The number of thioether (sulfide) groups is 1. The van der Waals surface area contributed by atoms with E-state index in [9.17, 15) is 19.7 Å². The van der Waals surface area contributed by atoms with E-state index in [4.69, 9.17) is 16.0 Å². The van der Waals surface area contributed by atoms with Gasteiger partial charge in [-0.2, -0.15) is 0 Å². The molecule has 0 aliphatic rings. The Hall–Kier alpha value is -3.90. The van der Waals surface area contributed by atoms with Gasteiger partial charge in [0.25, 0.3) is 16.5 Å². The van der Waals surface area contributed by atoms with Gasteiger partial charge >= 0.3 is 5.69 Å². The second kappa shape index (κ2) is 9.04. The number of rotatable bonds is 7. The second-order valence-corrected chi connectivity index (χ2v) is 8.96. The Bertz CT molecular complexity index is 1700. The van der Waals surface area contributed by atoms with E-state index in [1.54, 1.807) is 28.8 Å². The Morgan fingerprint density at radius 1 is 1.14 bits per heavy atom. The molecule has 13 heteroatoms. The van der Waals surface area contributed by atoms with E-state index < -0.39 is 16.2 Å². The highest BCUT2D eigenvalue weighted by Crippen LogP contribution is 2.29. The van der Waals surface area contributed by atoms with Crippen molar-refractivity contribution in [1.82, 2.24) is 24.1 Å². The number of fused-ring (bicyclic) bond motifs is 2. The molecule has 5 rings (SSSR count). The highest BCUT2D eigenvalue weighted by molar-refractivity contribution is 7.98. The van der Waals surface area contributed by atoms with Crippen LogP contribution in [0.2, 0.25) is 5.02 Å². The molecule has 0 saturated heterocycles. The molecule has 0 fully saturated rings. The Morgan fingerprint density at radius 2 is 1.91 bits per heavy atom. The molecule has 5 aromatic rings. The van der Waals surface area contributed by atoms with Crippen LogP contribution in [-0.4, -0.2) is 29.0 Å². The standard InChI is InChI=1S/C22H17ClN6O5S/c1-2-27-17(11-35-22-24-15-9-14(29(32)33)7-8-16(15)34-22)25-19-18(27)20(30)26-21(31)28(19)10-12-3-5-13(23)6-4-12/h3-9H,2,10-11H2,1H3,(H,26,30,31). The molecular formula is C22H17ClN6O5S. The fourth-order valence-electron chi connectivity index (χ4n) is 3.78. The number of halogens is 1. The number of aryl methyl sites for hydroxylation is 1. The van der Waals surface area contributed by atoms with Crippen molar-refractivity contribution in [2.24, 2.45) is 0 Å². The smallest absolute Gasteiger partial charge is 0.330 e. The Morgan fingerprint density at radius 3 is 2.63 bits per heavy atom. The van der Waals surface area contributed by atoms with Gasteiger partial charge in [0, 0.05) is 23.7 Å². The first-order valence-corrected chi connectivity index (χ1v) is 11.8. The number of H-pyrrole nitrogens is 1. The summed E-state index contributed by atoms with van der Waals surface area (Å²) < 4.78 is 8.84. The molecule has 0 spiro atoms. The van der Waals surface area contributed by atoms with Crippen LogP contribution in [0.3, 0.4) is 0 Å². The van der Waals surface area contributed by atoms with Crippen molar-refractivity contribution >= 4 is 51.3 Å². The van der Waals surface area contributed by atoms with Crippen LogP contribution < -0.4 is 11.2 Å². The van der Waals surface area contributed by atoms with Crippen LogP contribution in [0.25, 0.3) is 22.3 Å². The van der Waals surface area contributed by atoms with Gasteiger partial charge in [-0.15, -0.1) is 0 Å². The summed E-state index contributed by atoms with van der Waals surface area (Å²) >= 11 is 7.20. The lowest BCUT2D eigenvalue weighted by Gasteiger charge is -2.07. The molecule has 3 heterocycles. The maximum atomic E-state index is 12.7. The molecule has 2 aromatic carbocycles. The number of hydrogen-bond donors (Lipinski definition) is 1. The van der Waals surface area contributed by atoms with Gasteiger partial charge in [-0.1, -0.05) is 35.5 Å². The Balaban J connectivity index is 1.50. The first kappa shape index (κ1) is 22.9. The average molecular weight is 513 g/mol. The third-order valence-electron chi connectivity index (χ3n) is 5.42. The van der Waals surface area contributed by atoms with Crippen LogP contribution in [-0.2, 0) is 18.8 Å². The van der Waals surface area contributed by atoms with E-state index in [0.29, 0.717) is 45.0 Å². The van der Waals surface area contributed by atoms with Gasteiger partial charge < -0.3 is 8.98 Å². The average Bonchev–Trinajstić information content (AvgIpc) is 3.42. The maximum absolute atomic E-state index is 12.7. The summed E-state index contributed by atoms with van der Waals surface area (Å²) in [5.41, 5.74) is 1.05. The highest BCUT2D eigenvalue weighted by Gasteiger charge is 2.19. The van der Waals surface area contributed by atoms with E-state index in [-0.39, 0.29) is 17.9 Å². The zero-order chi connectivity index (χ0) is 24.7.